The van der Waals surface area contributed by atoms with Gasteiger partial charge in [-0.15, -0.1) is 0 Å². The second-order valence-corrected chi connectivity index (χ2v) is 7.05. The number of rotatable bonds is 4. The molecule has 1 aliphatic rings. The maximum atomic E-state index is 12.3. The zero-order valence-electron chi connectivity index (χ0n) is 14.4. The Morgan fingerprint density at radius 3 is 2.27 bits per heavy atom. The summed E-state index contributed by atoms with van der Waals surface area (Å²) in [5, 5.41) is 3.10. The van der Waals surface area contributed by atoms with Gasteiger partial charge in [0, 0.05) is 31.9 Å². The van der Waals surface area contributed by atoms with E-state index in [0.29, 0.717) is 6.54 Å². The van der Waals surface area contributed by atoms with Crippen LogP contribution >= 0.6 is 0 Å². The van der Waals surface area contributed by atoms with Gasteiger partial charge in [0.15, 0.2) is 0 Å². The molecular formula is C18H29N3O. The monoisotopic (exact) mass is 303 g/mol. The topological polar surface area (TPSA) is 35.6 Å². The predicted octanol–water partition coefficient (Wildman–Crippen LogP) is 2.56. The molecule has 1 N–H and O–H groups in total. The molecule has 1 aliphatic heterocycles. The van der Waals surface area contributed by atoms with Gasteiger partial charge in [-0.1, -0.05) is 45.9 Å². The maximum Gasteiger partial charge on any atom is 0.238 e. The molecule has 22 heavy (non-hydrogen) atoms. The number of piperazine rings is 1. The molecule has 4 nitrogen and oxygen atoms in total. The number of carbonyl (C=O) groups excluding carboxylic acids is 1. The van der Waals surface area contributed by atoms with Crippen molar-refractivity contribution >= 4 is 11.6 Å². The number of amides is 1. The molecule has 1 amide bonds. The molecule has 1 fully saturated rings. The number of carbonyl (C=O) groups is 1. The minimum atomic E-state index is 0.0244. The molecule has 1 heterocycles. The van der Waals surface area contributed by atoms with E-state index in [9.17, 15) is 4.79 Å². The van der Waals surface area contributed by atoms with Crippen molar-refractivity contribution in [2.24, 2.45) is 0 Å². The Hall–Kier alpha value is -1.39. The number of nitrogens with one attached hydrogen (secondary N) is 1. The van der Waals surface area contributed by atoms with Gasteiger partial charge in [-0.3, -0.25) is 9.69 Å². The third-order valence-electron chi connectivity index (χ3n) is 4.29. The summed E-state index contributed by atoms with van der Waals surface area (Å²) in [6, 6.07) is 8.09. The van der Waals surface area contributed by atoms with Crippen molar-refractivity contribution < 1.29 is 4.79 Å². The average Bonchev–Trinajstić information content (AvgIpc) is 2.47. The first-order valence-corrected chi connectivity index (χ1v) is 8.24. The number of nitrogens with zero attached hydrogens (tertiary/aromatic N) is 2. The van der Waals surface area contributed by atoms with E-state index in [1.165, 1.54) is 5.56 Å². The molecule has 0 radical (unpaired) electrons. The van der Waals surface area contributed by atoms with E-state index in [0.717, 1.165) is 38.4 Å². The van der Waals surface area contributed by atoms with E-state index in [2.05, 4.69) is 48.9 Å². The highest BCUT2D eigenvalue weighted by Crippen LogP contribution is 2.29. The van der Waals surface area contributed by atoms with Crippen molar-refractivity contribution in [3.63, 3.8) is 0 Å². The average molecular weight is 303 g/mol. The molecule has 1 aromatic rings. The lowest BCUT2D eigenvalue weighted by molar-refractivity contribution is -0.117. The first-order valence-electron chi connectivity index (χ1n) is 8.24. The fourth-order valence-corrected chi connectivity index (χ4v) is 2.90. The summed E-state index contributed by atoms with van der Waals surface area (Å²) in [4.78, 5) is 17.0. The number of anilines is 1. The lowest BCUT2D eigenvalue weighted by atomic mass is 9.86. The van der Waals surface area contributed by atoms with Crippen molar-refractivity contribution in [3.05, 3.63) is 29.8 Å². The van der Waals surface area contributed by atoms with Gasteiger partial charge in [-0.25, -0.2) is 0 Å². The fourth-order valence-electron chi connectivity index (χ4n) is 2.90. The van der Waals surface area contributed by atoms with Gasteiger partial charge in [0.1, 0.15) is 0 Å². The van der Waals surface area contributed by atoms with Crippen LogP contribution in [0.5, 0.6) is 0 Å². The molecule has 0 aromatic heterocycles. The van der Waals surface area contributed by atoms with Gasteiger partial charge < -0.3 is 10.2 Å². The quantitative estimate of drug-likeness (QED) is 0.928. The van der Waals surface area contributed by atoms with Gasteiger partial charge in [-0.2, -0.15) is 0 Å². The minimum Gasteiger partial charge on any atom is -0.325 e. The first kappa shape index (κ1) is 17.0. The minimum absolute atomic E-state index is 0.0244. The molecule has 0 saturated carbocycles. The number of hydrogen-bond donors (Lipinski definition) is 1. The lowest BCUT2D eigenvalue weighted by Crippen LogP contribution is -2.48. The van der Waals surface area contributed by atoms with E-state index in [1.54, 1.807) is 0 Å². The molecule has 1 saturated heterocycles. The molecule has 0 atom stereocenters. The largest absolute Gasteiger partial charge is 0.325 e. The Balaban J connectivity index is 1.93. The van der Waals surface area contributed by atoms with Crippen molar-refractivity contribution in [3.8, 4) is 0 Å². The van der Waals surface area contributed by atoms with Crippen LogP contribution in [0.2, 0.25) is 0 Å². The highest BCUT2D eigenvalue weighted by molar-refractivity contribution is 5.93. The number of hydrogen-bond acceptors (Lipinski definition) is 3. The number of benzene rings is 1. The van der Waals surface area contributed by atoms with Gasteiger partial charge >= 0.3 is 0 Å². The Bertz CT molecular complexity index is 499. The zero-order chi connectivity index (χ0) is 16.2. The van der Waals surface area contributed by atoms with Gasteiger partial charge in [0.05, 0.1) is 6.54 Å². The summed E-state index contributed by atoms with van der Waals surface area (Å²) in [7, 11) is 0. The SMILES string of the molecule is CCN1CCN(CC(=O)Nc2ccccc2C(C)(C)C)CC1. The fraction of sp³-hybridized carbons (Fsp3) is 0.611. The van der Waals surface area contributed by atoms with E-state index in [4.69, 9.17) is 0 Å². The summed E-state index contributed by atoms with van der Waals surface area (Å²) in [6.45, 7) is 14.3. The second-order valence-electron chi connectivity index (χ2n) is 7.05. The summed E-state index contributed by atoms with van der Waals surface area (Å²) in [6.07, 6.45) is 0. The van der Waals surface area contributed by atoms with Crippen LogP contribution in [-0.4, -0.2) is 55.0 Å². The van der Waals surface area contributed by atoms with Gasteiger partial charge in [-0.05, 0) is 23.6 Å². The van der Waals surface area contributed by atoms with Crippen molar-refractivity contribution in [2.45, 2.75) is 33.1 Å². The Morgan fingerprint density at radius 2 is 1.68 bits per heavy atom. The smallest absolute Gasteiger partial charge is 0.238 e. The standard InChI is InChI=1S/C18H29N3O/c1-5-20-10-12-21(13-11-20)14-17(22)19-16-9-7-6-8-15(16)18(2,3)4/h6-9H,5,10-14H2,1-4H3,(H,19,22). The summed E-state index contributed by atoms with van der Waals surface area (Å²) in [5.74, 6) is 0.0849. The molecule has 0 aliphatic carbocycles. The zero-order valence-corrected chi connectivity index (χ0v) is 14.4. The third-order valence-corrected chi connectivity index (χ3v) is 4.29. The number of para-hydroxylation sites is 1. The van der Waals surface area contributed by atoms with Crippen LogP contribution in [0, 0.1) is 0 Å². The molecule has 4 heteroatoms. The van der Waals surface area contributed by atoms with Crippen molar-refractivity contribution in [2.75, 3.05) is 44.6 Å². The predicted molar refractivity (Wildman–Crippen MR) is 92.3 cm³/mol. The van der Waals surface area contributed by atoms with Crippen LogP contribution in [0.25, 0.3) is 0 Å². The van der Waals surface area contributed by atoms with Crippen LogP contribution in [0.1, 0.15) is 33.3 Å². The van der Waals surface area contributed by atoms with E-state index < -0.39 is 0 Å². The number of likely N-dealkylation sites (N-methyl/N-ethyl adjacent to an activating group) is 1. The Kier molecular flexibility index (Phi) is 5.59. The second kappa shape index (κ2) is 7.25. The lowest BCUT2D eigenvalue weighted by Gasteiger charge is -2.33. The van der Waals surface area contributed by atoms with E-state index in [-0.39, 0.29) is 11.3 Å². The molecular weight excluding hydrogens is 274 g/mol. The van der Waals surface area contributed by atoms with Crippen LogP contribution in [-0.2, 0) is 10.2 Å². The van der Waals surface area contributed by atoms with Crippen LogP contribution < -0.4 is 5.32 Å². The van der Waals surface area contributed by atoms with Crippen LogP contribution in [0.4, 0.5) is 5.69 Å². The van der Waals surface area contributed by atoms with Crippen LogP contribution in [0.15, 0.2) is 24.3 Å². The maximum absolute atomic E-state index is 12.3. The van der Waals surface area contributed by atoms with Crippen LogP contribution in [0.3, 0.4) is 0 Å². The normalized spacial score (nSPS) is 17.5. The molecule has 1 aromatic carbocycles. The van der Waals surface area contributed by atoms with Gasteiger partial charge in [0.2, 0.25) is 5.91 Å². The molecule has 0 spiro atoms. The van der Waals surface area contributed by atoms with Gasteiger partial charge in [0.25, 0.3) is 0 Å². The summed E-state index contributed by atoms with van der Waals surface area (Å²) < 4.78 is 0. The summed E-state index contributed by atoms with van der Waals surface area (Å²) in [5.41, 5.74) is 2.14. The Morgan fingerprint density at radius 1 is 1.09 bits per heavy atom. The van der Waals surface area contributed by atoms with E-state index >= 15 is 0 Å². The highest BCUT2D eigenvalue weighted by Gasteiger charge is 2.21. The summed E-state index contributed by atoms with van der Waals surface area (Å²) >= 11 is 0. The van der Waals surface area contributed by atoms with E-state index in [1.807, 2.05) is 18.2 Å². The third kappa shape index (κ3) is 4.55. The molecule has 0 unspecified atom stereocenters. The van der Waals surface area contributed by atoms with Crippen molar-refractivity contribution in [1.82, 2.24) is 9.80 Å². The van der Waals surface area contributed by atoms with Crippen molar-refractivity contribution in [1.29, 1.82) is 0 Å². The highest BCUT2D eigenvalue weighted by atomic mass is 16.2. The first-order chi connectivity index (χ1) is 10.4. The molecule has 2 rings (SSSR count). The Labute approximate surface area is 134 Å². The molecule has 0 bridgehead atoms. The molecule has 122 valence electrons.